The van der Waals surface area contributed by atoms with Gasteiger partial charge in [0.15, 0.2) is 0 Å². The van der Waals surface area contributed by atoms with Gasteiger partial charge in [-0.15, -0.1) is 0 Å². The van der Waals surface area contributed by atoms with Gasteiger partial charge in [0.1, 0.15) is 5.82 Å². The van der Waals surface area contributed by atoms with E-state index in [0.717, 1.165) is 38.2 Å². The van der Waals surface area contributed by atoms with E-state index < -0.39 is 0 Å². The molecule has 0 aliphatic heterocycles. The number of nitriles is 1. The molecule has 1 heterocycles. The fourth-order valence-corrected chi connectivity index (χ4v) is 1.72. The van der Waals surface area contributed by atoms with Crippen molar-refractivity contribution in [2.75, 3.05) is 6.54 Å². The topological polar surface area (TPSA) is 53.6 Å². The summed E-state index contributed by atoms with van der Waals surface area (Å²) in [5, 5.41) is 12.1. The first-order chi connectivity index (χ1) is 7.81. The molecule has 4 heteroatoms. The molecule has 0 saturated heterocycles. The van der Waals surface area contributed by atoms with Crippen LogP contribution in [-0.4, -0.2) is 22.1 Å². The van der Waals surface area contributed by atoms with Crippen molar-refractivity contribution in [2.45, 2.75) is 45.7 Å². The Labute approximate surface area is 97.3 Å². The van der Waals surface area contributed by atoms with Gasteiger partial charge in [0.25, 0.3) is 0 Å². The number of hydrogen-bond acceptors (Lipinski definition) is 3. The summed E-state index contributed by atoms with van der Waals surface area (Å²) < 4.78 is 2.14. The molecule has 1 atom stereocenters. The molecule has 0 spiro atoms. The van der Waals surface area contributed by atoms with Crippen LogP contribution in [0.15, 0.2) is 12.4 Å². The second-order valence-corrected chi connectivity index (χ2v) is 3.81. The van der Waals surface area contributed by atoms with Crippen molar-refractivity contribution in [3.8, 4) is 6.07 Å². The van der Waals surface area contributed by atoms with Crippen molar-refractivity contribution in [2.24, 2.45) is 0 Å². The lowest BCUT2D eigenvalue weighted by Gasteiger charge is -2.11. The Morgan fingerprint density at radius 3 is 3.00 bits per heavy atom. The van der Waals surface area contributed by atoms with E-state index in [0.29, 0.717) is 0 Å². The first-order valence-corrected chi connectivity index (χ1v) is 5.94. The Balaban J connectivity index is 2.47. The largest absolute Gasteiger partial charge is 0.335 e. The lowest BCUT2D eigenvalue weighted by atomic mass is 10.2. The SMILES string of the molecule is CCCc1nccn1CCC(C#N)NCC. The maximum atomic E-state index is 8.92. The van der Waals surface area contributed by atoms with Gasteiger partial charge in [0, 0.05) is 25.4 Å². The number of rotatable bonds is 7. The van der Waals surface area contributed by atoms with Crippen LogP contribution in [0.3, 0.4) is 0 Å². The van der Waals surface area contributed by atoms with E-state index >= 15 is 0 Å². The van der Waals surface area contributed by atoms with Gasteiger partial charge in [0.05, 0.1) is 12.1 Å². The molecule has 16 heavy (non-hydrogen) atoms. The fraction of sp³-hybridized carbons (Fsp3) is 0.667. The van der Waals surface area contributed by atoms with Gasteiger partial charge in [0.2, 0.25) is 0 Å². The molecule has 0 fully saturated rings. The lowest BCUT2D eigenvalue weighted by molar-refractivity contribution is 0.517. The van der Waals surface area contributed by atoms with Gasteiger partial charge >= 0.3 is 0 Å². The zero-order valence-electron chi connectivity index (χ0n) is 10.1. The third-order valence-corrected chi connectivity index (χ3v) is 2.54. The molecule has 0 amide bonds. The van der Waals surface area contributed by atoms with Crippen molar-refractivity contribution >= 4 is 0 Å². The van der Waals surface area contributed by atoms with E-state index in [1.807, 2.05) is 19.3 Å². The minimum atomic E-state index is -0.0538. The van der Waals surface area contributed by atoms with Crippen LogP contribution in [0, 0.1) is 11.3 Å². The minimum absolute atomic E-state index is 0.0538. The molecular formula is C12H20N4. The van der Waals surface area contributed by atoms with Gasteiger partial charge in [-0.1, -0.05) is 13.8 Å². The first-order valence-electron chi connectivity index (χ1n) is 5.94. The molecule has 0 aliphatic carbocycles. The summed E-state index contributed by atoms with van der Waals surface area (Å²) in [6.07, 6.45) is 6.76. The maximum absolute atomic E-state index is 8.92. The average Bonchev–Trinajstić information content (AvgIpc) is 2.72. The molecular weight excluding hydrogens is 200 g/mol. The van der Waals surface area contributed by atoms with Gasteiger partial charge in [-0.05, 0) is 19.4 Å². The van der Waals surface area contributed by atoms with Crippen LogP contribution in [0.25, 0.3) is 0 Å². The smallest absolute Gasteiger partial charge is 0.108 e. The zero-order valence-corrected chi connectivity index (χ0v) is 10.1. The van der Waals surface area contributed by atoms with Crippen molar-refractivity contribution in [3.63, 3.8) is 0 Å². The van der Waals surface area contributed by atoms with E-state index in [1.165, 1.54) is 0 Å². The third kappa shape index (κ3) is 3.67. The van der Waals surface area contributed by atoms with E-state index in [-0.39, 0.29) is 6.04 Å². The monoisotopic (exact) mass is 220 g/mol. The van der Waals surface area contributed by atoms with E-state index in [9.17, 15) is 0 Å². The summed E-state index contributed by atoms with van der Waals surface area (Å²) in [6, 6.07) is 2.22. The van der Waals surface area contributed by atoms with E-state index in [2.05, 4.69) is 27.9 Å². The lowest BCUT2D eigenvalue weighted by Crippen LogP contribution is -2.28. The van der Waals surface area contributed by atoms with Crippen LogP contribution in [-0.2, 0) is 13.0 Å². The quantitative estimate of drug-likeness (QED) is 0.761. The predicted molar refractivity (Wildman–Crippen MR) is 63.9 cm³/mol. The summed E-state index contributed by atoms with van der Waals surface area (Å²) in [5.41, 5.74) is 0. The van der Waals surface area contributed by atoms with Gasteiger partial charge < -0.3 is 9.88 Å². The maximum Gasteiger partial charge on any atom is 0.108 e. The normalized spacial score (nSPS) is 12.3. The van der Waals surface area contributed by atoms with Gasteiger partial charge in [-0.3, -0.25) is 0 Å². The average molecular weight is 220 g/mol. The summed E-state index contributed by atoms with van der Waals surface area (Å²) in [7, 11) is 0. The highest BCUT2D eigenvalue weighted by Gasteiger charge is 2.07. The number of hydrogen-bond donors (Lipinski definition) is 1. The van der Waals surface area contributed by atoms with Crippen LogP contribution >= 0.6 is 0 Å². The molecule has 0 bridgehead atoms. The summed E-state index contributed by atoms with van der Waals surface area (Å²) in [4.78, 5) is 4.32. The highest BCUT2D eigenvalue weighted by atomic mass is 15.1. The minimum Gasteiger partial charge on any atom is -0.335 e. The standard InChI is InChI=1S/C12H20N4/c1-3-5-12-15-7-9-16(12)8-6-11(10-13)14-4-2/h7,9,11,14H,3-6,8H2,1-2H3. The summed E-state index contributed by atoms with van der Waals surface area (Å²) in [6.45, 7) is 5.87. The number of nitrogens with one attached hydrogen (secondary N) is 1. The number of aromatic nitrogens is 2. The molecule has 1 aromatic rings. The summed E-state index contributed by atoms with van der Waals surface area (Å²) >= 11 is 0. The zero-order chi connectivity index (χ0) is 11.8. The fourth-order valence-electron chi connectivity index (χ4n) is 1.72. The Bertz CT molecular complexity index is 337. The Morgan fingerprint density at radius 2 is 2.38 bits per heavy atom. The van der Waals surface area contributed by atoms with Crippen molar-refractivity contribution in [1.82, 2.24) is 14.9 Å². The van der Waals surface area contributed by atoms with Gasteiger partial charge in [-0.25, -0.2) is 4.98 Å². The number of nitrogens with zero attached hydrogens (tertiary/aromatic N) is 3. The van der Waals surface area contributed by atoms with Crippen LogP contribution in [0.2, 0.25) is 0 Å². The summed E-state index contributed by atoms with van der Waals surface area (Å²) in [5.74, 6) is 1.12. The molecule has 0 radical (unpaired) electrons. The van der Waals surface area contributed by atoms with Crippen LogP contribution < -0.4 is 5.32 Å². The Morgan fingerprint density at radius 1 is 1.56 bits per heavy atom. The highest BCUT2D eigenvalue weighted by Crippen LogP contribution is 2.04. The molecule has 0 saturated carbocycles. The number of imidazole rings is 1. The molecule has 1 rings (SSSR count). The van der Waals surface area contributed by atoms with E-state index in [4.69, 9.17) is 5.26 Å². The third-order valence-electron chi connectivity index (χ3n) is 2.54. The molecule has 1 N–H and O–H groups in total. The van der Waals surface area contributed by atoms with Crippen molar-refractivity contribution < 1.29 is 0 Å². The molecule has 0 aromatic carbocycles. The molecule has 1 aromatic heterocycles. The second-order valence-electron chi connectivity index (χ2n) is 3.81. The predicted octanol–water partition coefficient (Wildman–Crippen LogP) is 1.73. The van der Waals surface area contributed by atoms with Crippen LogP contribution in [0.5, 0.6) is 0 Å². The van der Waals surface area contributed by atoms with Crippen LogP contribution in [0.1, 0.15) is 32.5 Å². The van der Waals surface area contributed by atoms with Crippen LogP contribution in [0.4, 0.5) is 0 Å². The second kappa shape index (κ2) is 7.02. The first kappa shape index (κ1) is 12.7. The number of aryl methyl sites for hydroxylation is 2. The molecule has 1 unspecified atom stereocenters. The van der Waals surface area contributed by atoms with Crippen molar-refractivity contribution in [3.05, 3.63) is 18.2 Å². The van der Waals surface area contributed by atoms with Gasteiger partial charge in [-0.2, -0.15) is 5.26 Å². The molecule has 0 aliphatic rings. The Hall–Kier alpha value is -1.34. The van der Waals surface area contributed by atoms with Crippen molar-refractivity contribution in [1.29, 1.82) is 5.26 Å². The van der Waals surface area contributed by atoms with E-state index in [1.54, 1.807) is 0 Å². The molecule has 88 valence electrons. The molecule has 4 nitrogen and oxygen atoms in total. The highest BCUT2D eigenvalue weighted by molar-refractivity contribution is 4.94. The Kier molecular flexibility index (Phi) is 5.58.